The molecule has 4 aliphatic rings. The molecule has 2 nitrogen and oxygen atoms in total. The fourth-order valence-electron chi connectivity index (χ4n) is 5.67. The zero-order valence-corrected chi connectivity index (χ0v) is 13.4. The maximum absolute atomic E-state index is 11.5. The predicted octanol–water partition coefficient (Wildman–Crippen LogP) is 4.74. The molecule has 0 heterocycles. The third-order valence-corrected chi connectivity index (χ3v) is 6.77. The van der Waals surface area contributed by atoms with Crippen molar-refractivity contribution in [3.8, 4) is 0 Å². The van der Waals surface area contributed by atoms with Crippen LogP contribution in [0.4, 0.5) is 0 Å². The summed E-state index contributed by atoms with van der Waals surface area (Å²) in [5.74, 6) is 2.15. The Balaban J connectivity index is 1.70. The van der Waals surface area contributed by atoms with Gasteiger partial charge in [0.05, 0.1) is 5.92 Å². The molecule has 1 N–H and O–H groups in total. The molecule has 2 fully saturated rings. The van der Waals surface area contributed by atoms with Crippen molar-refractivity contribution < 1.29 is 9.90 Å². The van der Waals surface area contributed by atoms with Gasteiger partial charge in [0.2, 0.25) is 0 Å². The van der Waals surface area contributed by atoms with Gasteiger partial charge >= 0.3 is 5.97 Å². The second-order valence-electron chi connectivity index (χ2n) is 7.71. The normalized spacial score (nSPS) is 38.0. The van der Waals surface area contributed by atoms with Gasteiger partial charge in [-0.25, -0.2) is 0 Å². The maximum Gasteiger partial charge on any atom is 0.310 e. The van der Waals surface area contributed by atoms with Gasteiger partial charge in [0, 0.05) is 0 Å². The first kappa shape index (κ1) is 14.3. The predicted molar refractivity (Wildman–Crippen MR) is 87.3 cm³/mol. The monoisotopic (exact) mass is 298 g/mol. The van der Waals surface area contributed by atoms with E-state index in [1.807, 2.05) is 6.92 Å². The van der Waals surface area contributed by atoms with E-state index in [-0.39, 0.29) is 5.92 Å². The van der Waals surface area contributed by atoms with Crippen molar-refractivity contribution in [3.05, 3.63) is 34.9 Å². The molecule has 22 heavy (non-hydrogen) atoms. The highest BCUT2D eigenvalue weighted by atomic mass is 16.4. The number of hydrogen-bond donors (Lipinski definition) is 1. The first-order chi connectivity index (χ1) is 10.7. The molecule has 2 saturated carbocycles. The molecule has 0 amide bonds. The average Bonchev–Trinajstić information content (AvgIpc) is 2.97. The number of carboxylic acids is 1. The minimum absolute atomic E-state index is 0.375. The second kappa shape index (κ2) is 5.40. The van der Waals surface area contributed by atoms with Crippen molar-refractivity contribution in [3.63, 3.8) is 0 Å². The van der Waals surface area contributed by atoms with Gasteiger partial charge in [-0.3, -0.25) is 4.79 Å². The summed E-state index contributed by atoms with van der Waals surface area (Å²) < 4.78 is 0. The van der Waals surface area contributed by atoms with E-state index in [2.05, 4.69) is 18.2 Å². The van der Waals surface area contributed by atoms with Gasteiger partial charge in [0.25, 0.3) is 0 Å². The van der Waals surface area contributed by atoms with Crippen molar-refractivity contribution in [2.75, 3.05) is 0 Å². The third kappa shape index (κ3) is 2.11. The maximum atomic E-state index is 11.5. The van der Waals surface area contributed by atoms with E-state index in [1.54, 1.807) is 0 Å². The lowest BCUT2D eigenvalue weighted by Crippen LogP contribution is -2.39. The Bertz CT molecular complexity index is 581. The van der Waals surface area contributed by atoms with Crippen molar-refractivity contribution >= 4 is 5.97 Å². The van der Waals surface area contributed by atoms with Crippen molar-refractivity contribution in [1.82, 2.24) is 0 Å². The van der Waals surface area contributed by atoms with Gasteiger partial charge in [-0.05, 0) is 73.0 Å². The molecule has 4 rings (SSSR count). The molecule has 5 unspecified atom stereocenters. The van der Waals surface area contributed by atoms with Crippen LogP contribution in [0.15, 0.2) is 34.9 Å². The van der Waals surface area contributed by atoms with E-state index in [1.165, 1.54) is 56.1 Å². The minimum atomic E-state index is -0.693. The number of rotatable bonds is 2. The summed E-state index contributed by atoms with van der Waals surface area (Å²) in [5, 5.41) is 9.43. The number of carbonyl (C=O) groups is 1. The summed E-state index contributed by atoms with van der Waals surface area (Å²) in [4.78, 5) is 11.5. The molecule has 4 aliphatic carbocycles. The average molecular weight is 298 g/mol. The molecular formula is C20H26O2. The molecule has 2 heteroatoms. The number of carboxylic acid groups (broad SMARTS) is 1. The molecule has 0 aromatic carbocycles. The molecule has 0 aromatic rings. The van der Waals surface area contributed by atoms with E-state index in [0.717, 1.165) is 23.3 Å². The first-order valence-electron chi connectivity index (χ1n) is 9.02. The highest BCUT2D eigenvalue weighted by Gasteiger charge is 2.44. The van der Waals surface area contributed by atoms with Crippen molar-refractivity contribution in [1.29, 1.82) is 0 Å². The van der Waals surface area contributed by atoms with E-state index < -0.39 is 5.97 Å². The summed E-state index contributed by atoms with van der Waals surface area (Å²) in [6, 6.07) is 0. The fourth-order valence-corrected chi connectivity index (χ4v) is 5.67. The van der Waals surface area contributed by atoms with Crippen molar-refractivity contribution in [2.24, 2.45) is 29.6 Å². The molecule has 118 valence electrons. The largest absolute Gasteiger partial charge is 0.481 e. The molecule has 5 atom stereocenters. The molecule has 0 radical (unpaired) electrons. The van der Waals surface area contributed by atoms with Crippen LogP contribution in [0.2, 0.25) is 0 Å². The second-order valence-corrected chi connectivity index (χ2v) is 7.71. The van der Waals surface area contributed by atoms with Crippen LogP contribution in [0.1, 0.15) is 51.9 Å². The number of hydrogen-bond acceptors (Lipinski definition) is 1. The van der Waals surface area contributed by atoms with Crippen LogP contribution >= 0.6 is 0 Å². The lowest BCUT2D eigenvalue weighted by Gasteiger charge is -2.48. The third-order valence-electron chi connectivity index (χ3n) is 6.77. The summed E-state index contributed by atoms with van der Waals surface area (Å²) in [5.41, 5.74) is 3.82. The van der Waals surface area contributed by atoms with Crippen LogP contribution in [-0.2, 0) is 4.79 Å². The van der Waals surface area contributed by atoms with Crippen LogP contribution in [-0.4, -0.2) is 11.1 Å². The number of aliphatic carboxylic acids is 1. The summed E-state index contributed by atoms with van der Waals surface area (Å²) in [6.07, 6.45) is 16.1. The Morgan fingerprint density at radius 3 is 2.77 bits per heavy atom. The molecule has 0 aromatic heterocycles. The lowest BCUT2D eigenvalue weighted by molar-refractivity contribution is -0.139. The Morgan fingerprint density at radius 1 is 1.14 bits per heavy atom. The van der Waals surface area contributed by atoms with Crippen LogP contribution in [0.25, 0.3) is 0 Å². The van der Waals surface area contributed by atoms with Gasteiger partial charge in [0.1, 0.15) is 0 Å². The Kier molecular flexibility index (Phi) is 3.51. The first-order valence-corrected chi connectivity index (χ1v) is 9.02. The zero-order valence-electron chi connectivity index (χ0n) is 13.4. The standard InChI is InChI=1S/C20H26O2/c1-12(20(21)22)15-9-7-14-8-10-17-16-5-3-2-4-13(16)6-11-18(17)19(14)15/h7-9,12-13,16-18H,2-6,10-11H2,1H3,(H,21,22). The van der Waals surface area contributed by atoms with E-state index >= 15 is 0 Å². The topological polar surface area (TPSA) is 37.3 Å². The van der Waals surface area contributed by atoms with Gasteiger partial charge in [0.15, 0.2) is 0 Å². The Morgan fingerprint density at radius 2 is 1.95 bits per heavy atom. The molecule has 0 saturated heterocycles. The quantitative estimate of drug-likeness (QED) is 0.799. The molecule has 0 aliphatic heterocycles. The smallest absolute Gasteiger partial charge is 0.310 e. The SMILES string of the molecule is CC(C(=O)O)C1=C2C(=CCC3C2CCC2CCCCC23)C=C1. The lowest BCUT2D eigenvalue weighted by atomic mass is 9.57. The fraction of sp³-hybridized carbons (Fsp3) is 0.650. The summed E-state index contributed by atoms with van der Waals surface area (Å²) >= 11 is 0. The van der Waals surface area contributed by atoms with Crippen LogP contribution in [0, 0.1) is 29.6 Å². The summed E-state index contributed by atoms with van der Waals surface area (Å²) in [7, 11) is 0. The van der Waals surface area contributed by atoms with E-state index in [9.17, 15) is 9.90 Å². The number of allylic oxidation sites excluding steroid dienone is 5. The number of fused-ring (bicyclic) bond motifs is 5. The Labute approximate surface area is 133 Å². The van der Waals surface area contributed by atoms with E-state index in [0.29, 0.717) is 5.92 Å². The molecule has 0 spiro atoms. The minimum Gasteiger partial charge on any atom is -0.481 e. The Hall–Kier alpha value is -1.31. The summed E-state index contributed by atoms with van der Waals surface area (Å²) in [6.45, 7) is 1.84. The van der Waals surface area contributed by atoms with E-state index in [4.69, 9.17) is 0 Å². The molecular weight excluding hydrogens is 272 g/mol. The van der Waals surface area contributed by atoms with Gasteiger partial charge in [-0.2, -0.15) is 0 Å². The van der Waals surface area contributed by atoms with Gasteiger partial charge in [-0.15, -0.1) is 0 Å². The highest BCUT2D eigenvalue weighted by Crippen LogP contribution is 2.55. The van der Waals surface area contributed by atoms with Crippen molar-refractivity contribution in [2.45, 2.75) is 51.9 Å². The van der Waals surface area contributed by atoms with Crippen LogP contribution in [0.3, 0.4) is 0 Å². The van der Waals surface area contributed by atoms with Gasteiger partial charge < -0.3 is 5.11 Å². The van der Waals surface area contributed by atoms with Crippen LogP contribution < -0.4 is 0 Å². The van der Waals surface area contributed by atoms with Crippen LogP contribution in [0.5, 0.6) is 0 Å². The molecule has 0 bridgehead atoms. The zero-order chi connectivity index (χ0) is 15.3. The highest BCUT2D eigenvalue weighted by molar-refractivity contribution is 5.76. The van der Waals surface area contributed by atoms with Gasteiger partial charge in [-0.1, -0.05) is 37.5 Å².